The molecular formula is C34H46N2O16. The number of rotatable bonds is 24. The van der Waals surface area contributed by atoms with Gasteiger partial charge in [0.05, 0.1) is 77.2 Å². The molecule has 0 unspecified atom stereocenters. The molecule has 18 heteroatoms. The average Bonchev–Trinajstić information content (AvgIpc) is 3.83. The third-order valence-electron chi connectivity index (χ3n) is 6.89. The first-order valence-electron chi connectivity index (χ1n) is 16.3. The lowest BCUT2D eigenvalue weighted by Gasteiger charge is -2.11. The minimum Gasteiger partial charge on any atom is -0.507 e. The number of hydrogen-bond donors (Lipinski definition) is 4. The van der Waals surface area contributed by atoms with Crippen LogP contribution in [0.4, 0.5) is 0 Å². The van der Waals surface area contributed by atoms with Gasteiger partial charge in [-0.15, -0.1) is 0 Å². The van der Waals surface area contributed by atoms with Crippen LogP contribution < -0.4 is 9.47 Å². The van der Waals surface area contributed by atoms with Crippen LogP contribution in [0.25, 0.3) is 0 Å². The molecule has 2 atom stereocenters. The number of carboxylic acids is 2. The summed E-state index contributed by atoms with van der Waals surface area (Å²) in [6, 6.07) is 7.55. The van der Waals surface area contributed by atoms with Gasteiger partial charge >= 0.3 is 11.9 Å². The van der Waals surface area contributed by atoms with Gasteiger partial charge in [0.15, 0.2) is 23.6 Å². The van der Waals surface area contributed by atoms with Gasteiger partial charge in [-0.3, -0.25) is 0 Å². The molecule has 0 saturated carbocycles. The molecule has 0 radical (unpaired) electrons. The summed E-state index contributed by atoms with van der Waals surface area (Å²) < 4.78 is 52.4. The Labute approximate surface area is 300 Å². The molecule has 2 aromatic rings. The highest BCUT2D eigenvalue weighted by molar-refractivity contribution is 6.00. The zero-order chi connectivity index (χ0) is 37.6. The molecule has 0 aromatic heterocycles. The number of aromatic hydroxyl groups is 2. The smallest absolute Gasteiger partial charge is 0.332 e. The van der Waals surface area contributed by atoms with E-state index in [0.717, 1.165) is 0 Å². The Hall–Kier alpha value is -4.72. The largest absolute Gasteiger partial charge is 0.507 e. The van der Waals surface area contributed by atoms with Crippen LogP contribution >= 0.6 is 0 Å². The maximum absolute atomic E-state index is 10.9. The summed E-state index contributed by atoms with van der Waals surface area (Å²) in [5, 5.41) is 38.2. The quantitative estimate of drug-likeness (QED) is 0.111. The Bertz CT molecular complexity index is 1450. The fourth-order valence-corrected chi connectivity index (χ4v) is 4.25. The summed E-state index contributed by atoms with van der Waals surface area (Å²) in [5.41, 5.74) is 0.615. The molecule has 0 fully saturated rings. The second kappa shape index (κ2) is 23.7. The predicted molar refractivity (Wildman–Crippen MR) is 182 cm³/mol. The maximum atomic E-state index is 10.9. The third-order valence-corrected chi connectivity index (χ3v) is 6.89. The number of para-hydroxylation sites is 1. The van der Waals surface area contributed by atoms with Crippen molar-refractivity contribution in [3.63, 3.8) is 0 Å². The molecule has 2 aromatic carbocycles. The third kappa shape index (κ3) is 14.5. The second-order valence-corrected chi connectivity index (χ2v) is 10.7. The van der Waals surface area contributed by atoms with E-state index in [9.17, 15) is 19.8 Å². The summed E-state index contributed by atoms with van der Waals surface area (Å²) in [5.74, 6) is -1.49. The van der Waals surface area contributed by atoms with Crippen molar-refractivity contribution < 1.29 is 77.4 Å². The van der Waals surface area contributed by atoms with Crippen molar-refractivity contribution in [2.24, 2.45) is 9.98 Å². The molecule has 4 N–H and O–H groups in total. The minimum atomic E-state index is -1.07. The summed E-state index contributed by atoms with van der Waals surface area (Å²) >= 11 is 0. The van der Waals surface area contributed by atoms with Crippen molar-refractivity contribution in [2.45, 2.75) is 12.1 Å². The molecule has 0 spiro atoms. The van der Waals surface area contributed by atoms with Gasteiger partial charge in [0.25, 0.3) is 0 Å². The molecule has 0 aliphatic carbocycles. The van der Waals surface area contributed by atoms with Crippen molar-refractivity contribution in [3.05, 3.63) is 47.5 Å². The van der Waals surface area contributed by atoms with Gasteiger partial charge in [0.2, 0.25) is 11.8 Å². The van der Waals surface area contributed by atoms with E-state index in [1.54, 1.807) is 44.6 Å². The van der Waals surface area contributed by atoms with E-state index in [2.05, 4.69) is 9.98 Å². The monoisotopic (exact) mass is 738 g/mol. The number of aliphatic carboxylic acids is 2. The number of phenols is 2. The summed E-state index contributed by atoms with van der Waals surface area (Å²) in [7, 11) is 3.22. The van der Waals surface area contributed by atoms with Crippen molar-refractivity contribution >= 4 is 23.7 Å². The van der Waals surface area contributed by atoms with Gasteiger partial charge < -0.3 is 67.8 Å². The number of nitrogens with zero attached hydrogens (tertiary/aromatic N) is 2. The fraction of sp³-hybridized carbons (Fsp3) is 0.529. The zero-order valence-electron chi connectivity index (χ0n) is 29.1. The van der Waals surface area contributed by atoms with Gasteiger partial charge in [-0.1, -0.05) is 6.07 Å². The SMILES string of the molecule is COCCOCCOCCOc1ccc(C2=N[C@@H](C(=O)O)CO2)c(O)c1.COCCOCCOCCOc1cccc(C2=N[C@@H](C(=O)O)CO2)c1O. The lowest BCUT2D eigenvalue weighted by atomic mass is 10.2. The highest BCUT2D eigenvalue weighted by Gasteiger charge is 2.29. The number of aliphatic imine (C=N–C) groups is 2. The van der Waals surface area contributed by atoms with Gasteiger partial charge in [-0.05, 0) is 24.3 Å². The topological polar surface area (TPSA) is 232 Å². The van der Waals surface area contributed by atoms with Crippen LogP contribution in [0.15, 0.2) is 46.4 Å². The summed E-state index contributed by atoms with van der Waals surface area (Å²) in [4.78, 5) is 29.7. The van der Waals surface area contributed by atoms with E-state index in [-0.39, 0.29) is 48.9 Å². The van der Waals surface area contributed by atoms with Crippen LogP contribution in [0.1, 0.15) is 11.1 Å². The molecule has 0 amide bonds. The highest BCUT2D eigenvalue weighted by atomic mass is 16.6. The van der Waals surface area contributed by atoms with Crippen LogP contribution in [-0.4, -0.2) is 163 Å². The second-order valence-electron chi connectivity index (χ2n) is 10.7. The van der Waals surface area contributed by atoms with Crippen LogP contribution in [0.5, 0.6) is 23.0 Å². The standard InChI is InChI=1S/2C17H23NO8/c1-22-4-5-23-6-7-24-8-9-25-12-2-3-13(15(19)10-12)16-18-14(11-26-16)17(20)21;1-22-5-6-23-7-8-24-9-10-25-14-4-2-3-12(15(14)19)16-18-13(11-26-16)17(20)21/h2-3,10,14,19H,4-9,11H2,1H3,(H,20,21);2-4,13,19H,5-11H2,1H3,(H,20,21)/t14-;13-/m11/s1. The molecule has 2 aliphatic rings. The first-order chi connectivity index (χ1) is 25.2. The van der Waals surface area contributed by atoms with Crippen molar-refractivity contribution in [2.75, 3.05) is 107 Å². The van der Waals surface area contributed by atoms with E-state index in [0.29, 0.717) is 89.6 Å². The predicted octanol–water partition coefficient (Wildman–Crippen LogP) is 1.36. The number of carboxylic acid groups (broad SMARTS) is 2. The fourth-order valence-electron chi connectivity index (χ4n) is 4.25. The number of ether oxygens (including phenoxy) is 10. The van der Waals surface area contributed by atoms with Crippen LogP contribution in [-0.2, 0) is 47.5 Å². The molecular weight excluding hydrogens is 692 g/mol. The van der Waals surface area contributed by atoms with E-state index in [1.807, 2.05) is 0 Å². The Morgan fingerprint density at radius 1 is 0.654 bits per heavy atom. The Morgan fingerprint density at radius 2 is 1.13 bits per heavy atom. The number of hydrogen-bond acceptors (Lipinski definition) is 16. The van der Waals surface area contributed by atoms with E-state index < -0.39 is 24.0 Å². The minimum absolute atomic E-state index is 0.0467. The number of benzene rings is 2. The van der Waals surface area contributed by atoms with Crippen molar-refractivity contribution in [3.8, 4) is 23.0 Å². The summed E-state index contributed by atoms with van der Waals surface area (Å²) in [6.07, 6.45) is 0. The normalized spacial score (nSPS) is 16.2. The molecule has 2 aliphatic heterocycles. The molecule has 0 saturated heterocycles. The van der Waals surface area contributed by atoms with Crippen LogP contribution in [0.3, 0.4) is 0 Å². The molecule has 0 bridgehead atoms. The molecule has 2 heterocycles. The number of carbonyl (C=O) groups is 2. The van der Waals surface area contributed by atoms with Crippen LogP contribution in [0, 0.1) is 0 Å². The van der Waals surface area contributed by atoms with Gasteiger partial charge in [0.1, 0.15) is 37.9 Å². The average molecular weight is 739 g/mol. The first-order valence-corrected chi connectivity index (χ1v) is 16.3. The van der Waals surface area contributed by atoms with E-state index in [4.69, 9.17) is 57.6 Å². The van der Waals surface area contributed by atoms with E-state index in [1.165, 1.54) is 6.07 Å². The molecule has 4 rings (SSSR count). The van der Waals surface area contributed by atoms with Crippen molar-refractivity contribution in [1.29, 1.82) is 0 Å². The Kier molecular flexibility index (Phi) is 19.0. The molecule has 52 heavy (non-hydrogen) atoms. The van der Waals surface area contributed by atoms with Crippen molar-refractivity contribution in [1.82, 2.24) is 0 Å². The lowest BCUT2D eigenvalue weighted by molar-refractivity contribution is -0.139. The molecule has 288 valence electrons. The highest BCUT2D eigenvalue weighted by Crippen LogP contribution is 2.32. The van der Waals surface area contributed by atoms with Gasteiger partial charge in [-0.25, -0.2) is 19.6 Å². The Morgan fingerprint density at radius 3 is 1.62 bits per heavy atom. The first kappa shape index (κ1) is 41.7. The number of methoxy groups -OCH3 is 2. The van der Waals surface area contributed by atoms with Gasteiger partial charge in [-0.2, -0.15) is 0 Å². The summed E-state index contributed by atoms with van der Waals surface area (Å²) in [6.45, 7) is 5.14. The van der Waals surface area contributed by atoms with E-state index >= 15 is 0 Å². The number of phenolic OH excluding ortho intramolecular Hbond substituents is 2. The Balaban J connectivity index is 0.000000280. The zero-order valence-corrected chi connectivity index (χ0v) is 29.1. The van der Waals surface area contributed by atoms with Crippen LogP contribution in [0.2, 0.25) is 0 Å². The lowest BCUT2D eigenvalue weighted by Crippen LogP contribution is -2.18. The van der Waals surface area contributed by atoms with Gasteiger partial charge in [0, 0.05) is 20.3 Å². The maximum Gasteiger partial charge on any atom is 0.332 e. The molecule has 18 nitrogen and oxygen atoms in total.